The molecule has 8 nitrogen and oxygen atoms in total. The van der Waals surface area contributed by atoms with E-state index in [4.69, 9.17) is 18.9 Å². The van der Waals surface area contributed by atoms with Crippen molar-refractivity contribution in [1.82, 2.24) is 0 Å². The summed E-state index contributed by atoms with van der Waals surface area (Å²) in [6.45, 7) is 8.82. The van der Waals surface area contributed by atoms with E-state index in [2.05, 4.69) is 0 Å². The molecular weight excluding hydrogens is 416 g/mol. The van der Waals surface area contributed by atoms with Gasteiger partial charge in [0.15, 0.2) is 5.76 Å². The number of hydrogen-bond acceptors (Lipinski definition) is 8. The number of Topliss-reactive ketones (excluding diaryl/α,β-unsaturated/α-hetero) is 1. The van der Waals surface area contributed by atoms with Crippen LogP contribution in [0, 0.1) is 34.5 Å². The van der Waals surface area contributed by atoms with Crippen molar-refractivity contribution in [2.24, 2.45) is 34.5 Å². The number of ketones is 1. The molecule has 8 heteroatoms. The highest BCUT2D eigenvalue weighted by Gasteiger charge is 2.76. The van der Waals surface area contributed by atoms with Crippen molar-refractivity contribution < 1.29 is 38.4 Å². The third-order valence-electron chi connectivity index (χ3n) is 9.09. The third kappa shape index (κ3) is 2.78. The third-order valence-corrected chi connectivity index (χ3v) is 9.09. The molecule has 3 fully saturated rings. The number of fused-ring (bicyclic) bond motifs is 2. The van der Waals surface area contributed by atoms with Crippen molar-refractivity contribution >= 4 is 17.7 Å². The quantitative estimate of drug-likeness (QED) is 0.651. The second kappa shape index (κ2) is 7.29. The molecule has 1 N–H and O–H groups in total. The van der Waals surface area contributed by atoms with Crippen LogP contribution in [0.1, 0.15) is 47.5 Å². The molecule has 32 heavy (non-hydrogen) atoms. The average molecular weight is 451 g/mol. The number of aliphatic hydroxyl groups is 1. The molecule has 1 saturated heterocycles. The Morgan fingerprint density at radius 3 is 2.44 bits per heavy atom. The molecule has 10 atom stereocenters. The number of carbonyl (C=O) groups excluding carboxylic acids is 3. The van der Waals surface area contributed by atoms with Crippen molar-refractivity contribution in [2.75, 3.05) is 14.2 Å². The lowest BCUT2D eigenvalue weighted by atomic mass is 9.37. The summed E-state index contributed by atoms with van der Waals surface area (Å²) in [5, 5.41) is 11.7. The van der Waals surface area contributed by atoms with E-state index in [1.165, 1.54) is 21.1 Å². The van der Waals surface area contributed by atoms with Gasteiger partial charge in [-0.15, -0.1) is 0 Å². The Hall–Kier alpha value is -1.93. The minimum absolute atomic E-state index is 0.000611. The molecule has 2 saturated carbocycles. The Labute approximate surface area is 188 Å². The molecule has 0 aromatic heterocycles. The van der Waals surface area contributed by atoms with E-state index >= 15 is 0 Å². The molecule has 178 valence electrons. The second-order valence-electron chi connectivity index (χ2n) is 10.6. The predicted octanol–water partition coefficient (Wildman–Crippen LogP) is 2.03. The van der Waals surface area contributed by atoms with Gasteiger partial charge in [0.25, 0.3) is 0 Å². The molecular formula is C24H34O8. The molecule has 0 bridgehead atoms. The minimum Gasteiger partial charge on any atom is -0.493 e. The lowest BCUT2D eigenvalue weighted by Gasteiger charge is -2.69. The first-order valence-electron chi connectivity index (χ1n) is 11.3. The van der Waals surface area contributed by atoms with Crippen LogP contribution in [0.2, 0.25) is 0 Å². The first-order valence-corrected chi connectivity index (χ1v) is 11.3. The van der Waals surface area contributed by atoms with E-state index in [9.17, 15) is 19.5 Å². The van der Waals surface area contributed by atoms with Crippen LogP contribution in [0.5, 0.6) is 0 Å². The Kier molecular flexibility index (Phi) is 5.29. The van der Waals surface area contributed by atoms with Crippen molar-refractivity contribution in [3.63, 3.8) is 0 Å². The summed E-state index contributed by atoms with van der Waals surface area (Å²) in [5.41, 5.74) is -3.27. The van der Waals surface area contributed by atoms with Gasteiger partial charge in [-0.05, 0) is 31.3 Å². The zero-order valence-corrected chi connectivity index (χ0v) is 19.8. The topological polar surface area (TPSA) is 108 Å². The van der Waals surface area contributed by atoms with Crippen LogP contribution in [0.4, 0.5) is 0 Å². The number of carbonyl (C=O) groups is 3. The molecule has 0 amide bonds. The molecule has 1 aliphatic heterocycles. The maximum atomic E-state index is 13.9. The number of ether oxygens (including phenoxy) is 4. The Balaban J connectivity index is 2.00. The normalized spacial score (nSPS) is 49.9. The summed E-state index contributed by atoms with van der Waals surface area (Å²) in [7, 11) is 2.93. The van der Waals surface area contributed by atoms with Crippen LogP contribution in [-0.2, 0) is 33.3 Å². The van der Waals surface area contributed by atoms with Crippen LogP contribution >= 0.6 is 0 Å². The Morgan fingerprint density at radius 2 is 1.88 bits per heavy atom. The van der Waals surface area contributed by atoms with E-state index in [1.807, 2.05) is 26.8 Å². The summed E-state index contributed by atoms with van der Waals surface area (Å²) in [5.74, 6) is -2.06. The SMILES string of the molecule is COC1=CC(C)C2CC3OC(=O)CC4C(C)(O)C(OC)C(OC(C)=O)C(C2(C)C1=O)C34C. The van der Waals surface area contributed by atoms with Gasteiger partial charge in [0.1, 0.15) is 18.3 Å². The minimum atomic E-state index is -1.48. The summed E-state index contributed by atoms with van der Waals surface area (Å²) >= 11 is 0. The Morgan fingerprint density at radius 1 is 1.22 bits per heavy atom. The maximum absolute atomic E-state index is 13.9. The van der Waals surface area contributed by atoms with Crippen LogP contribution in [0.3, 0.4) is 0 Å². The van der Waals surface area contributed by atoms with Gasteiger partial charge >= 0.3 is 11.9 Å². The number of methoxy groups -OCH3 is 2. The molecule has 4 rings (SSSR count). The summed E-state index contributed by atoms with van der Waals surface area (Å²) in [4.78, 5) is 38.7. The van der Waals surface area contributed by atoms with Crippen molar-refractivity contribution in [3.05, 3.63) is 11.8 Å². The van der Waals surface area contributed by atoms with Gasteiger partial charge in [-0.25, -0.2) is 0 Å². The lowest BCUT2D eigenvalue weighted by molar-refractivity contribution is -0.317. The zero-order valence-electron chi connectivity index (χ0n) is 19.8. The fourth-order valence-electron chi connectivity index (χ4n) is 7.87. The molecule has 0 aromatic carbocycles. The molecule has 0 aromatic rings. The maximum Gasteiger partial charge on any atom is 0.306 e. The highest BCUT2D eigenvalue weighted by molar-refractivity contribution is 6.00. The average Bonchev–Trinajstić information content (AvgIpc) is 2.69. The van der Waals surface area contributed by atoms with Gasteiger partial charge in [0, 0.05) is 36.7 Å². The highest BCUT2D eigenvalue weighted by Crippen LogP contribution is 2.69. The van der Waals surface area contributed by atoms with E-state index in [-0.39, 0.29) is 35.8 Å². The lowest BCUT2D eigenvalue weighted by Crippen LogP contribution is -2.78. The number of rotatable bonds is 3. The zero-order chi connectivity index (χ0) is 23.8. The van der Waals surface area contributed by atoms with Gasteiger partial charge < -0.3 is 24.1 Å². The van der Waals surface area contributed by atoms with E-state index < -0.39 is 52.5 Å². The van der Waals surface area contributed by atoms with Crippen molar-refractivity contribution in [1.29, 1.82) is 0 Å². The largest absolute Gasteiger partial charge is 0.493 e. The van der Waals surface area contributed by atoms with Gasteiger partial charge in [-0.2, -0.15) is 0 Å². The number of hydrogen-bond donors (Lipinski definition) is 1. The van der Waals surface area contributed by atoms with Gasteiger partial charge in [0.2, 0.25) is 5.78 Å². The molecule has 1 heterocycles. The molecule has 0 spiro atoms. The summed E-state index contributed by atoms with van der Waals surface area (Å²) in [6.07, 6.45) is -0.0443. The van der Waals surface area contributed by atoms with Gasteiger partial charge in [0.05, 0.1) is 19.1 Å². The fraction of sp³-hybridized carbons (Fsp3) is 0.792. The number of esters is 2. The van der Waals surface area contributed by atoms with Crippen LogP contribution in [0.25, 0.3) is 0 Å². The van der Waals surface area contributed by atoms with Crippen molar-refractivity contribution in [3.8, 4) is 0 Å². The van der Waals surface area contributed by atoms with E-state index in [0.717, 1.165) is 0 Å². The fourth-order valence-corrected chi connectivity index (χ4v) is 7.87. The van der Waals surface area contributed by atoms with Crippen LogP contribution in [-0.4, -0.2) is 61.0 Å². The predicted molar refractivity (Wildman–Crippen MR) is 112 cm³/mol. The summed E-state index contributed by atoms with van der Waals surface area (Å²) in [6, 6.07) is 0. The van der Waals surface area contributed by atoms with Crippen LogP contribution < -0.4 is 0 Å². The van der Waals surface area contributed by atoms with Gasteiger partial charge in [-0.1, -0.05) is 20.8 Å². The molecule has 0 radical (unpaired) electrons. The first-order chi connectivity index (χ1) is 14.8. The first kappa shape index (κ1) is 23.2. The standard InChI is InChI=1S/C24H34O8/c1-11-8-14(29-6)20(27)22(3)13(11)9-16-23(4)15(10-17(26)32-16)24(5,28)21(30-7)18(19(22)23)31-12(2)25/h8,11,13,15-16,18-19,21,28H,9-10H2,1-7H3. The molecule has 4 aliphatic rings. The van der Waals surface area contributed by atoms with Crippen molar-refractivity contribution in [2.45, 2.75) is 71.4 Å². The van der Waals surface area contributed by atoms with Crippen LogP contribution in [0.15, 0.2) is 11.8 Å². The van der Waals surface area contributed by atoms with Gasteiger partial charge in [-0.3, -0.25) is 14.4 Å². The van der Waals surface area contributed by atoms with E-state index in [1.54, 1.807) is 6.92 Å². The summed E-state index contributed by atoms with van der Waals surface area (Å²) < 4.78 is 22.9. The highest BCUT2D eigenvalue weighted by atomic mass is 16.6. The molecule has 3 aliphatic carbocycles. The number of allylic oxidation sites excluding steroid dienone is 2. The second-order valence-corrected chi connectivity index (χ2v) is 10.6. The smallest absolute Gasteiger partial charge is 0.306 e. The van der Waals surface area contributed by atoms with E-state index in [0.29, 0.717) is 6.42 Å². The monoisotopic (exact) mass is 450 g/mol. The Bertz CT molecular complexity index is 877. The molecule has 10 unspecified atom stereocenters.